The van der Waals surface area contributed by atoms with Crippen LogP contribution in [0.3, 0.4) is 0 Å². The standard InChI is InChI=1S/C22H18F3NO5/c1-30-20(28)17-11-26(15-7-4-6-14(10-15)22(23,24)25)12-18(21(29)31-2)19(17)13-5-3-8-16(27)9-13/h3-12,19,27H,1-2H3. The van der Waals surface area contributed by atoms with Gasteiger partial charge in [-0.1, -0.05) is 18.2 Å². The summed E-state index contributed by atoms with van der Waals surface area (Å²) in [5.41, 5.74) is -0.452. The second kappa shape index (κ2) is 8.55. The number of nitrogens with zero attached hydrogens (tertiary/aromatic N) is 1. The monoisotopic (exact) mass is 433 g/mol. The summed E-state index contributed by atoms with van der Waals surface area (Å²) < 4.78 is 49.1. The van der Waals surface area contributed by atoms with E-state index >= 15 is 0 Å². The first-order valence-corrected chi connectivity index (χ1v) is 9.00. The molecule has 0 saturated heterocycles. The van der Waals surface area contributed by atoms with Crippen LogP contribution in [0.25, 0.3) is 0 Å². The molecule has 0 radical (unpaired) electrons. The number of benzene rings is 2. The summed E-state index contributed by atoms with van der Waals surface area (Å²) in [6.45, 7) is 0. The topological polar surface area (TPSA) is 76.1 Å². The lowest BCUT2D eigenvalue weighted by Crippen LogP contribution is -2.28. The van der Waals surface area contributed by atoms with E-state index < -0.39 is 29.6 Å². The summed E-state index contributed by atoms with van der Waals surface area (Å²) in [7, 11) is 2.29. The Morgan fingerprint density at radius 2 is 1.52 bits per heavy atom. The third-order valence-corrected chi connectivity index (χ3v) is 4.70. The fourth-order valence-electron chi connectivity index (χ4n) is 3.29. The van der Waals surface area contributed by atoms with Crippen LogP contribution in [-0.4, -0.2) is 31.3 Å². The number of alkyl halides is 3. The Morgan fingerprint density at radius 3 is 2.03 bits per heavy atom. The number of ether oxygens (including phenoxy) is 2. The number of esters is 2. The predicted molar refractivity (Wildman–Crippen MR) is 105 cm³/mol. The van der Waals surface area contributed by atoms with Gasteiger partial charge in [0.2, 0.25) is 0 Å². The number of aromatic hydroxyl groups is 1. The van der Waals surface area contributed by atoms with Crippen molar-refractivity contribution in [1.82, 2.24) is 0 Å². The normalized spacial score (nSPS) is 14.5. The lowest BCUT2D eigenvalue weighted by Gasteiger charge is -2.30. The molecule has 1 N–H and O–H groups in total. The van der Waals surface area contributed by atoms with Crippen LogP contribution in [-0.2, 0) is 25.2 Å². The van der Waals surface area contributed by atoms with Crippen molar-refractivity contribution in [3.05, 3.63) is 83.2 Å². The zero-order valence-electron chi connectivity index (χ0n) is 16.5. The minimum Gasteiger partial charge on any atom is -0.508 e. The minimum absolute atomic E-state index is 0.0200. The van der Waals surface area contributed by atoms with Crippen LogP contribution in [0.4, 0.5) is 18.9 Å². The van der Waals surface area contributed by atoms with Gasteiger partial charge in [-0.15, -0.1) is 0 Å². The molecular formula is C22H18F3NO5. The van der Waals surface area contributed by atoms with Gasteiger partial charge in [0, 0.05) is 18.1 Å². The fraction of sp³-hybridized carbons (Fsp3) is 0.182. The van der Waals surface area contributed by atoms with Crippen LogP contribution in [0.15, 0.2) is 72.1 Å². The molecule has 0 amide bonds. The van der Waals surface area contributed by atoms with E-state index in [1.807, 2.05) is 0 Å². The van der Waals surface area contributed by atoms with Gasteiger partial charge in [0.15, 0.2) is 0 Å². The van der Waals surface area contributed by atoms with E-state index in [0.29, 0.717) is 5.56 Å². The molecule has 31 heavy (non-hydrogen) atoms. The number of methoxy groups -OCH3 is 2. The number of carbonyl (C=O) groups is 2. The van der Waals surface area contributed by atoms with E-state index in [4.69, 9.17) is 9.47 Å². The maximum absolute atomic E-state index is 13.2. The Morgan fingerprint density at radius 1 is 0.935 bits per heavy atom. The Kier molecular flexibility index (Phi) is 6.05. The van der Waals surface area contributed by atoms with E-state index in [2.05, 4.69) is 0 Å². The first kappa shape index (κ1) is 21.9. The van der Waals surface area contributed by atoms with Crippen molar-refractivity contribution in [3.63, 3.8) is 0 Å². The molecule has 9 heteroatoms. The molecule has 0 fully saturated rings. The third-order valence-electron chi connectivity index (χ3n) is 4.70. The number of phenols is 1. The second-order valence-electron chi connectivity index (χ2n) is 6.64. The molecule has 0 aliphatic carbocycles. The fourth-order valence-corrected chi connectivity index (χ4v) is 3.29. The molecule has 0 bridgehead atoms. The van der Waals surface area contributed by atoms with Crippen LogP contribution < -0.4 is 4.90 Å². The molecule has 0 atom stereocenters. The number of phenolic OH excluding ortho intramolecular Hbond substituents is 1. The molecule has 162 valence electrons. The number of hydrogen-bond donors (Lipinski definition) is 1. The highest BCUT2D eigenvalue weighted by Crippen LogP contribution is 2.40. The van der Waals surface area contributed by atoms with Gasteiger partial charge in [0.1, 0.15) is 5.75 Å². The Balaban J connectivity index is 2.19. The average molecular weight is 433 g/mol. The first-order chi connectivity index (χ1) is 14.7. The van der Waals surface area contributed by atoms with Crippen LogP contribution in [0.1, 0.15) is 17.0 Å². The molecule has 0 unspecified atom stereocenters. The molecule has 2 aromatic carbocycles. The summed E-state index contributed by atoms with van der Waals surface area (Å²) in [6.07, 6.45) is -1.98. The average Bonchev–Trinajstić information content (AvgIpc) is 2.76. The van der Waals surface area contributed by atoms with Crippen molar-refractivity contribution >= 4 is 17.6 Å². The summed E-state index contributed by atoms with van der Waals surface area (Å²) in [6, 6.07) is 10.4. The van der Waals surface area contributed by atoms with Crippen LogP contribution in [0, 0.1) is 0 Å². The van der Waals surface area contributed by atoms with E-state index in [1.54, 1.807) is 6.07 Å². The first-order valence-electron chi connectivity index (χ1n) is 9.00. The number of carbonyl (C=O) groups excluding carboxylic acids is 2. The lowest BCUT2D eigenvalue weighted by atomic mass is 9.83. The van der Waals surface area contributed by atoms with Gasteiger partial charge < -0.3 is 19.5 Å². The van der Waals surface area contributed by atoms with Crippen molar-refractivity contribution in [2.24, 2.45) is 0 Å². The number of rotatable bonds is 4. The molecule has 1 aliphatic rings. The van der Waals surface area contributed by atoms with Gasteiger partial charge in [-0.25, -0.2) is 9.59 Å². The van der Waals surface area contributed by atoms with Gasteiger partial charge in [0.25, 0.3) is 0 Å². The SMILES string of the molecule is COC(=O)C1=CN(c2cccc(C(F)(F)F)c2)C=C(C(=O)OC)C1c1cccc(O)c1. The van der Waals surface area contributed by atoms with Crippen molar-refractivity contribution in [1.29, 1.82) is 0 Å². The third kappa shape index (κ3) is 4.55. The summed E-state index contributed by atoms with van der Waals surface area (Å²) >= 11 is 0. The summed E-state index contributed by atoms with van der Waals surface area (Å²) in [4.78, 5) is 26.3. The van der Waals surface area contributed by atoms with E-state index in [1.165, 1.54) is 47.6 Å². The molecular weight excluding hydrogens is 415 g/mol. The minimum atomic E-state index is -4.57. The smallest absolute Gasteiger partial charge is 0.416 e. The molecule has 1 aliphatic heterocycles. The molecule has 6 nitrogen and oxygen atoms in total. The van der Waals surface area contributed by atoms with Crippen LogP contribution in [0.5, 0.6) is 5.75 Å². The number of hydrogen-bond acceptors (Lipinski definition) is 6. The molecule has 0 spiro atoms. The zero-order chi connectivity index (χ0) is 22.8. The van der Waals surface area contributed by atoms with Crippen molar-refractivity contribution in [2.75, 3.05) is 19.1 Å². The highest BCUT2D eigenvalue weighted by atomic mass is 19.4. The van der Waals surface area contributed by atoms with Gasteiger partial charge in [-0.2, -0.15) is 13.2 Å². The molecule has 2 aromatic rings. The zero-order valence-corrected chi connectivity index (χ0v) is 16.5. The largest absolute Gasteiger partial charge is 0.508 e. The number of anilines is 1. The molecule has 1 heterocycles. The van der Waals surface area contributed by atoms with E-state index in [-0.39, 0.29) is 22.6 Å². The van der Waals surface area contributed by atoms with Gasteiger partial charge in [0.05, 0.1) is 36.8 Å². The Bertz CT molecular complexity index is 1040. The number of halogens is 3. The van der Waals surface area contributed by atoms with Gasteiger partial charge >= 0.3 is 18.1 Å². The summed E-state index contributed by atoms with van der Waals surface area (Å²) in [5.74, 6) is -2.64. The van der Waals surface area contributed by atoms with Gasteiger partial charge in [-0.05, 0) is 35.9 Å². The Hall–Kier alpha value is -3.75. The van der Waals surface area contributed by atoms with Crippen molar-refractivity contribution < 1.29 is 37.3 Å². The quantitative estimate of drug-likeness (QED) is 0.731. The highest BCUT2D eigenvalue weighted by Gasteiger charge is 2.36. The molecule has 3 rings (SSSR count). The van der Waals surface area contributed by atoms with Crippen LogP contribution >= 0.6 is 0 Å². The maximum Gasteiger partial charge on any atom is 0.416 e. The van der Waals surface area contributed by atoms with Gasteiger partial charge in [-0.3, -0.25) is 0 Å². The predicted octanol–water partition coefficient (Wildman–Crippen LogP) is 4.13. The van der Waals surface area contributed by atoms with E-state index in [9.17, 15) is 27.9 Å². The lowest BCUT2D eigenvalue weighted by molar-refractivity contribution is -0.138. The van der Waals surface area contributed by atoms with Crippen molar-refractivity contribution in [2.45, 2.75) is 12.1 Å². The van der Waals surface area contributed by atoms with E-state index in [0.717, 1.165) is 26.4 Å². The maximum atomic E-state index is 13.2. The highest BCUT2D eigenvalue weighted by molar-refractivity contribution is 6.00. The van der Waals surface area contributed by atoms with Crippen LogP contribution in [0.2, 0.25) is 0 Å². The second-order valence-corrected chi connectivity index (χ2v) is 6.64. The molecule has 0 saturated carbocycles. The summed E-state index contributed by atoms with van der Waals surface area (Å²) in [5, 5.41) is 9.86. The van der Waals surface area contributed by atoms with Crippen molar-refractivity contribution in [3.8, 4) is 5.75 Å². The Labute approximate surface area is 175 Å². The molecule has 0 aromatic heterocycles.